The average molecular weight is 898 g/mol. The van der Waals surface area contributed by atoms with Gasteiger partial charge in [-0.05, 0) is 84.1 Å². The molecule has 2 saturated heterocycles. The average Bonchev–Trinajstić information content (AvgIpc) is 3.61. The largest absolute Gasteiger partial charge is 0.497 e. The number of rotatable bonds is 18. The summed E-state index contributed by atoms with van der Waals surface area (Å²) in [6.45, 7) is 6.74. The quantitative estimate of drug-likeness (QED) is 0.0404. The standard InChI is InChI=1S/C49H52FNO14/c1-7-8-25-59-42-26-35(32-9-11-34(12-10-32)45-47(62-30(4)54)48(63-31(5)55)46(61-29(3)53)43(64-45)27-60-28(2)52)15-22-39(42)44-41(24-23-40(56)33-13-16-36(50)17-14-33)65-49(57)51(44)37-18-20-38(58-6)21-19-37/h9-22,26,41,43-48H,7-8,23-25,27H2,1-6H3/t41-,43-,44-,45?,46-,47+,48+/m1/s1. The van der Waals surface area contributed by atoms with Crippen molar-refractivity contribution in [3.05, 3.63) is 114 Å². The van der Waals surface area contributed by atoms with Gasteiger partial charge in [0.1, 0.15) is 48.3 Å². The fourth-order valence-electron chi connectivity index (χ4n) is 7.92. The predicted octanol–water partition coefficient (Wildman–Crippen LogP) is 8.21. The Morgan fingerprint density at radius 3 is 1.97 bits per heavy atom. The van der Waals surface area contributed by atoms with Crippen molar-refractivity contribution in [1.82, 2.24) is 0 Å². The number of carbonyl (C=O) groups excluding carboxylic acids is 6. The third-order valence-corrected chi connectivity index (χ3v) is 10.9. The molecule has 15 nitrogen and oxygen atoms in total. The van der Waals surface area contributed by atoms with Crippen molar-refractivity contribution in [3.8, 4) is 22.6 Å². The van der Waals surface area contributed by atoms with Gasteiger partial charge in [0, 0.05) is 50.9 Å². The number of benzene rings is 4. The van der Waals surface area contributed by atoms with Gasteiger partial charge in [0.2, 0.25) is 0 Å². The molecule has 2 heterocycles. The van der Waals surface area contributed by atoms with E-state index in [0.717, 1.165) is 37.8 Å². The maximum atomic E-state index is 13.8. The van der Waals surface area contributed by atoms with Crippen LogP contribution < -0.4 is 14.4 Å². The molecule has 6 rings (SSSR count). The Hall–Kier alpha value is -6.81. The van der Waals surface area contributed by atoms with Crippen molar-refractivity contribution < 1.29 is 71.1 Å². The molecule has 344 valence electrons. The van der Waals surface area contributed by atoms with Crippen LogP contribution in [0.1, 0.15) is 93.9 Å². The molecular weight excluding hydrogens is 846 g/mol. The number of hydrogen-bond donors (Lipinski definition) is 0. The Morgan fingerprint density at radius 1 is 0.723 bits per heavy atom. The number of carbonyl (C=O) groups is 6. The minimum atomic E-state index is -1.33. The summed E-state index contributed by atoms with van der Waals surface area (Å²) in [5.74, 6) is -2.43. The molecule has 7 atom stereocenters. The van der Waals surface area contributed by atoms with E-state index in [9.17, 15) is 33.2 Å². The van der Waals surface area contributed by atoms with Crippen molar-refractivity contribution in [2.45, 2.75) is 103 Å². The summed E-state index contributed by atoms with van der Waals surface area (Å²) in [4.78, 5) is 77.5. The van der Waals surface area contributed by atoms with E-state index >= 15 is 0 Å². The van der Waals surface area contributed by atoms with E-state index in [1.165, 1.54) is 43.0 Å². The normalized spacial score (nSPS) is 21.4. The predicted molar refractivity (Wildman–Crippen MR) is 232 cm³/mol. The maximum absolute atomic E-state index is 13.8. The van der Waals surface area contributed by atoms with Crippen molar-refractivity contribution in [2.75, 3.05) is 25.2 Å². The van der Waals surface area contributed by atoms with E-state index < -0.39 is 78.5 Å². The van der Waals surface area contributed by atoms with Crippen LogP contribution in [0.15, 0.2) is 91.0 Å². The molecule has 0 saturated carbocycles. The van der Waals surface area contributed by atoms with Crippen molar-refractivity contribution >= 4 is 41.4 Å². The lowest BCUT2D eigenvalue weighted by molar-refractivity contribution is -0.254. The van der Waals surface area contributed by atoms with Crippen LogP contribution in [-0.2, 0) is 47.6 Å². The van der Waals surface area contributed by atoms with Crippen LogP contribution in [0.25, 0.3) is 11.1 Å². The second kappa shape index (κ2) is 21.7. The second-order valence-corrected chi connectivity index (χ2v) is 15.6. The number of halogens is 1. The smallest absolute Gasteiger partial charge is 0.415 e. The molecule has 16 heteroatoms. The fourth-order valence-corrected chi connectivity index (χ4v) is 7.92. The van der Waals surface area contributed by atoms with Gasteiger partial charge < -0.3 is 37.9 Å². The molecule has 2 aliphatic heterocycles. The molecule has 0 aliphatic carbocycles. The molecule has 4 aromatic rings. The molecule has 2 aliphatic rings. The number of anilines is 1. The number of amides is 1. The van der Waals surface area contributed by atoms with Crippen LogP contribution in [0.5, 0.6) is 11.5 Å². The van der Waals surface area contributed by atoms with Crippen molar-refractivity contribution in [1.29, 1.82) is 0 Å². The van der Waals surface area contributed by atoms with Gasteiger partial charge in [0.15, 0.2) is 24.1 Å². The Kier molecular flexibility index (Phi) is 15.9. The Bertz CT molecular complexity index is 2330. The zero-order chi connectivity index (χ0) is 46.8. The highest BCUT2D eigenvalue weighted by Crippen LogP contribution is 2.45. The molecule has 0 radical (unpaired) electrons. The van der Waals surface area contributed by atoms with E-state index in [4.69, 9.17) is 37.9 Å². The minimum absolute atomic E-state index is 0.0204. The number of Topliss-reactive ketones (excluding diaryl/α,β-unsaturated/α-hetero) is 1. The van der Waals surface area contributed by atoms with Crippen LogP contribution in [-0.4, -0.2) is 86.6 Å². The lowest BCUT2D eigenvalue weighted by Gasteiger charge is -2.44. The highest BCUT2D eigenvalue weighted by atomic mass is 19.1. The zero-order valence-electron chi connectivity index (χ0n) is 37.0. The zero-order valence-corrected chi connectivity index (χ0v) is 37.0. The van der Waals surface area contributed by atoms with Crippen LogP contribution in [0.2, 0.25) is 0 Å². The summed E-state index contributed by atoms with van der Waals surface area (Å²) in [7, 11) is 1.54. The SMILES string of the molecule is CCCCOc1cc(-c2ccc(C3O[C@H](COC(C)=O)[C@@H](OC(C)=O)[C@H](OC(C)=O)[C@H]3OC(C)=O)cc2)ccc1[C@@H]1[C@@H](CCC(=O)c2ccc(F)cc2)OC(=O)N1c1ccc(OC)cc1. The number of ketones is 1. The molecular formula is C49H52FNO14. The molecule has 1 unspecified atom stereocenters. The van der Waals surface area contributed by atoms with E-state index in [1.807, 2.05) is 37.3 Å². The molecule has 0 N–H and O–H groups in total. The van der Waals surface area contributed by atoms with Gasteiger partial charge in [-0.2, -0.15) is 0 Å². The molecule has 0 aromatic heterocycles. The number of nitrogens with zero attached hydrogens (tertiary/aromatic N) is 1. The highest BCUT2D eigenvalue weighted by molar-refractivity contribution is 5.96. The van der Waals surface area contributed by atoms with Crippen LogP contribution in [0.3, 0.4) is 0 Å². The van der Waals surface area contributed by atoms with Gasteiger partial charge in [-0.1, -0.05) is 49.7 Å². The van der Waals surface area contributed by atoms with Gasteiger partial charge in [-0.25, -0.2) is 9.18 Å². The van der Waals surface area contributed by atoms with Gasteiger partial charge in [-0.15, -0.1) is 0 Å². The number of esters is 4. The summed E-state index contributed by atoms with van der Waals surface area (Å²) in [5.41, 5.74) is 3.48. The second-order valence-electron chi connectivity index (χ2n) is 15.6. The topological polar surface area (TPSA) is 180 Å². The number of methoxy groups -OCH3 is 1. The third-order valence-electron chi connectivity index (χ3n) is 10.9. The molecule has 0 spiro atoms. The molecule has 65 heavy (non-hydrogen) atoms. The first-order valence-corrected chi connectivity index (χ1v) is 21.3. The number of hydrogen-bond acceptors (Lipinski definition) is 14. The van der Waals surface area contributed by atoms with E-state index in [2.05, 4.69) is 0 Å². The number of unbranched alkanes of at least 4 members (excludes halogenated alkanes) is 1. The van der Waals surface area contributed by atoms with Crippen molar-refractivity contribution in [2.24, 2.45) is 0 Å². The summed E-state index contributed by atoms with van der Waals surface area (Å²) in [6, 6.07) is 24.2. The monoisotopic (exact) mass is 897 g/mol. The highest BCUT2D eigenvalue weighted by Gasteiger charge is 2.52. The number of ether oxygens (including phenoxy) is 8. The van der Waals surface area contributed by atoms with Gasteiger partial charge in [0.25, 0.3) is 0 Å². The molecule has 0 bridgehead atoms. The van der Waals surface area contributed by atoms with Gasteiger partial charge in [0.05, 0.1) is 13.7 Å². The first kappa shape index (κ1) is 47.7. The van der Waals surface area contributed by atoms with Gasteiger partial charge >= 0.3 is 30.0 Å². The Labute approximate surface area is 376 Å². The summed E-state index contributed by atoms with van der Waals surface area (Å²) < 4.78 is 59.9. The Morgan fingerprint density at radius 2 is 1.35 bits per heavy atom. The van der Waals surface area contributed by atoms with Gasteiger partial charge in [-0.3, -0.25) is 28.9 Å². The van der Waals surface area contributed by atoms with E-state index in [1.54, 1.807) is 43.5 Å². The first-order valence-electron chi connectivity index (χ1n) is 21.3. The maximum Gasteiger partial charge on any atom is 0.415 e. The first-order chi connectivity index (χ1) is 31.2. The summed E-state index contributed by atoms with van der Waals surface area (Å²) in [5, 5.41) is 0. The lowest BCUT2D eigenvalue weighted by atomic mass is 9.89. The summed E-state index contributed by atoms with van der Waals surface area (Å²) in [6.07, 6.45) is -5.71. The fraction of sp³-hybridized carbons (Fsp3) is 0.388. The summed E-state index contributed by atoms with van der Waals surface area (Å²) >= 11 is 0. The third kappa shape index (κ3) is 11.9. The molecule has 2 fully saturated rings. The lowest BCUT2D eigenvalue weighted by Crippen LogP contribution is -2.59. The van der Waals surface area contributed by atoms with Crippen LogP contribution in [0.4, 0.5) is 14.9 Å². The van der Waals surface area contributed by atoms with Crippen molar-refractivity contribution in [3.63, 3.8) is 0 Å². The van der Waals surface area contributed by atoms with E-state index in [-0.39, 0.29) is 25.2 Å². The van der Waals surface area contributed by atoms with E-state index in [0.29, 0.717) is 40.5 Å². The molecule has 4 aromatic carbocycles. The Balaban J connectivity index is 1.36. The minimum Gasteiger partial charge on any atom is -0.497 e. The number of cyclic esters (lactones) is 1. The van der Waals surface area contributed by atoms with Crippen LogP contribution >= 0.6 is 0 Å². The molecule has 1 amide bonds. The van der Waals surface area contributed by atoms with Crippen LogP contribution in [0, 0.1) is 5.82 Å².